The molecule has 140 valence electrons. The monoisotopic (exact) mass is 340 g/mol. The van der Waals surface area contributed by atoms with Crippen LogP contribution in [-0.4, -0.2) is 29.6 Å². The lowest BCUT2D eigenvalue weighted by molar-refractivity contribution is -0.154. The molecular weight excluding hydrogens is 304 g/mol. The highest BCUT2D eigenvalue weighted by Gasteiger charge is 2.34. The highest BCUT2D eigenvalue weighted by atomic mass is 16.5. The minimum absolute atomic E-state index is 0.104. The number of rotatable bonds is 11. The molecule has 1 N–H and O–H groups in total. The van der Waals surface area contributed by atoms with Gasteiger partial charge in [-0.05, 0) is 24.3 Å². The second kappa shape index (κ2) is 10.7. The van der Waals surface area contributed by atoms with E-state index in [-0.39, 0.29) is 30.2 Å². The number of hydrogen-bond donors (Lipinski definition) is 1. The molecule has 0 saturated carbocycles. The van der Waals surface area contributed by atoms with Crippen LogP contribution < -0.4 is 0 Å². The molecule has 0 heterocycles. The lowest BCUT2D eigenvalue weighted by atomic mass is 9.78. The molecule has 0 amide bonds. The van der Waals surface area contributed by atoms with Crippen molar-refractivity contribution in [3.8, 4) is 0 Å². The largest absolute Gasteiger partial charge is 0.465 e. The van der Waals surface area contributed by atoms with Crippen LogP contribution in [0.25, 0.3) is 0 Å². The van der Waals surface area contributed by atoms with Crippen molar-refractivity contribution in [1.82, 2.24) is 0 Å². The standard InChI is InChI=1S/C20H36O4/c1-8-10-11-16(9-2)17(21)12-15(5)18(22)20(6,7)13-24-19(23)14(3)4/h11,14-15,18,22H,8-10,12-13H2,1-7H3. The SMILES string of the molecule is CCCC=C(CC)C(=O)CC(C)C(O)C(C)(C)COC(=O)C(C)C. The minimum atomic E-state index is -0.717. The van der Waals surface area contributed by atoms with E-state index in [2.05, 4.69) is 6.92 Å². The van der Waals surface area contributed by atoms with E-state index in [0.717, 1.165) is 24.8 Å². The fourth-order valence-electron chi connectivity index (χ4n) is 2.59. The van der Waals surface area contributed by atoms with Crippen LogP contribution in [-0.2, 0) is 14.3 Å². The van der Waals surface area contributed by atoms with Gasteiger partial charge in [-0.15, -0.1) is 0 Å². The van der Waals surface area contributed by atoms with Gasteiger partial charge in [0, 0.05) is 11.8 Å². The molecular formula is C20H36O4. The zero-order valence-corrected chi connectivity index (χ0v) is 16.5. The Morgan fingerprint density at radius 1 is 1.17 bits per heavy atom. The lowest BCUT2D eigenvalue weighted by Crippen LogP contribution is -2.40. The van der Waals surface area contributed by atoms with Crippen LogP contribution in [0.3, 0.4) is 0 Å². The average molecular weight is 341 g/mol. The highest BCUT2D eigenvalue weighted by molar-refractivity contribution is 5.95. The number of carbonyl (C=O) groups is 2. The molecule has 0 aromatic heterocycles. The molecule has 0 aliphatic rings. The van der Waals surface area contributed by atoms with E-state index in [1.165, 1.54) is 0 Å². The van der Waals surface area contributed by atoms with Gasteiger partial charge >= 0.3 is 5.97 Å². The molecule has 0 saturated heterocycles. The molecule has 4 nitrogen and oxygen atoms in total. The normalized spacial score (nSPS) is 15.3. The van der Waals surface area contributed by atoms with E-state index >= 15 is 0 Å². The van der Waals surface area contributed by atoms with Crippen LogP contribution in [0.5, 0.6) is 0 Å². The first-order chi connectivity index (χ1) is 11.1. The van der Waals surface area contributed by atoms with Crippen molar-refractivity contribution in [2.24, 2.45) is 17.3 Å². The van der Waals surface area contributed by atoms with Crippen molar-refractivity contribution in [1.29, 1.82) is 0 Å². The Morgan fingerprint density at radius 3 is 2.21 bits per heavy atom. The molecule has 24 heavy (non-hydrogen) atoms. The summed E-state index contributed by atoms with van der Waals surface area (Å²) in [5, 5.41) is 10.6. The number of Topliss-reactive ketones (excluding diaryl/α,β-unsaturated/α-hetero) is 1. The molecule has 0 aromatic rings. The molecule has 0 radical (unpaired) electrons. The molecule has 2 atom stereocenters. The van der Waals surface area contributed by atoms with Crippen molar-refractivity contribution in [2.75, 3.05) is 6.61 Å². The summed E-state index contributed by atoms with van der Waals surface area (Å²) in [5.74, 6) is -0.545. The predicted octanol–water partition coefficient (Wildman–Crippen LogP) is 4.30. The zero-order valence-electron chi connectivity index (χ0n) is 16.5. The predicted molar refractivity (Wildman–Crippen MR) is 97.7 cm³/mol. The van der Waals surface area contributed by atoms with Crippen LogP contribution in [0.1, 0.15) is 74.1 Å². The number of unbranched alkanes of at least 4 members (excludes halogenated alkanes) is 1. The fraction of sp³-hybridized carbons (Fsp3) is 0.800. The van der Waals surface area contributed by atoms with Crippen molar-refractivity contribution >= 4 is 11.8 Å². The molecule has 0 spiro atoms. The maximum absolute atomic E-state index is 12.4. The second-order valence-corrected chi connectivity index (χ2v) is 7.67. The Kier molecular flexibility index (Phi) is 10.1. The van der Waals surface area contributed by atoms with E-state index < -0.39 is 11.5 Å². The Morgan fingerprint density at radius 2 is 1.75 bits per heavy atom. The number of esters is 1. The number of hydrogen-bond acceptors (Lipinski definition) is 4. The summed E-state index contributed by atoms with van der Waals surface area (Å²) in [5.41, 5.74) is 0.254. The summed E-state index contributed by atoms with van der Waals surface area (Å²) < 4.78 is 5.27. The van der Waals surface area contributed by atoms with E-state index in [1.54, 1.807) is 13.8 Å². The van der Waals surface area contributed by atoms with Gasteiger partial charge in [-0.2, -0.15) is 0 Å². The van der Waals surface area contributed by atoms with Crippen molar-refractivity contribution in [3.05, 3.63) is 11.6 Å². The average Bonchev–Trinajstić information content (AvgIpc) is 2.52. The van der Waals surface area contributed by atoms with Gasteiger partial charge in [-0.1, -0.05) is 61.0 Å². The van der Waals surface area contributed by atoms with Gasteiger partial charge in [-0.3, -0.25) is 9.59 Å². The summed E-state index contributed by atoms with van der Waals surface area (Å²) in [6.07, 6.45) is 4.25. The van der Waals surface area contributed by atoms with E-state index in [1.807, 2.05) is 33.8 Å². The van der Waals surface area contributed by atoms with E-state index in [4.69, 9.17) is 4.74 Å². The fourth-order valence-corrected chi connectivity index (χ4v) is 2.59. The van der Waals surface area contributed by atoms with Crippen LogP contribution in [0.2, 0.25) is 0 Å². The minimum Gasteiger partial charge on any atom is -0.465 e. The van der Waals surface area contributed by atoms with Crippen molar-refractivity contribution in [2.45, 2.75) is 80.3 Å². The molecule has 2 unspecified atom stereocenters. The molecule has 0 aliphatic carbocycles. The van der Waals surface area contributed by atoms with Crippen LogP contribution in [0.15, 0.2) is 11.6 Å². The summed E-state index contributed by atoms with van der Waals surface area (Å²) in [7, 11) is 0. The third-order valence-electron chi connectivity index (χ3n) is 4.32. The Bertz CT molecular complexity index is 435. The highest BCUT2D eigenvalue weighted by Crippen LogP contribution is 2.29. The van der Waals surface area contributed by atoms with Gasteiger partial charge in [0.1, 0.15) is 0 Å². The van der Waals surface area contributed by atoms with Gasteiger partial charge in [0.2, 0.25) is 0 Å². The zero-order chi connectivity index (χ0) is 18.9. The Balaban J connectivity index is 4.75. The number of ether oxygens (including phenoxy) is 1. The molecule has 4 heteroatoms. The van der Waals surface area contributed by atoms with Crippen LogP contribution in [0, 0.1) is 17.3 Å². The van der Waals surface area contributed by atoms with Crippen molar-refractivity contribution in [3.63, 3.8) is 0 Å². The van der Waals surface area contributed by atoms with Crippen LogP contribution in [0.4, 0.5) is 0 Å². The van der Waals surface area contributed by atoms with E-state index in [0.29, 0.717) is 6.42 Å². The van der Waals surface area contributed by atoms with Crippen LogP contribution >= 0.6 is 0 Å². The summed E-state index contributed by atoms with van der Waals surface area (Å²) >= 11 is 0. The first-order valence-electron chi connectivity index (χ1n) is 9.13. The maximum Gasteiger partial charge on any atom is 0.308 e. The van der Waals surface area contributed by atoms with E-state index in [9.17, 15) is 14.7 Å². The third kappa shape index (κ3) is 7.61. The number of aliphatic hydroxyl groups excluding tert-OH is 1. The number of allylic oxidation sites excluding steroid dienone is 2. The Labute approximate surface area is 147 Å². The summed E-state index contributed by atoms with van der Waals surface area (Å²) in [6, 6.07) is 0. The number of aliphatic hydroxyl groups is 1. The maximum atomic E-state index is 12.4. The number of carbonyl (C=O) groups excluding carboxylic acids is 2. The molecule has 0 fully saturated rings. The summed E-state index contributed by atoms with van der Waals surface area (Å²) in [6.45, 7) is 13.4. The quantitative estimate of drug-likeness (QED) is 0.450. The van der Waals surface area contributed by atoms with Gasteiger partial charge in [0.15, 0.2) is 5.78 Å². The molecule has 0 bridgehead atoms. The molecule has 0 rings (SSSR count). The Hall–Kier alpha value is -1.16. The molecule has 0 aliphatic heterocycles. The lowest BCUT2D eigenvalue weighted by Gasteiger charge is -2.34. The first-order valence-corrected chi connectivity index (χ1v) is 9.13. The van der Waals surface area contributed by atoms with Gasteiger partial charge in [0.05, 0.1) is 18.6 Å². The van der Waals surface area contributed by atoms with Crippen molar-refractivity contribution < 1.29 is 19.4 Å². The van der Waals surface area contributed by atoms with Gasteiger partial charge in [-0.25, -0.2) is 0 Å². The first kappa shape index (κ1) is 22.8. The van der Waals surface area contributed by atoms with Gasteiger partial charge < -0.3 is 9.84 Å². The molecule has 0 aromatic carbocycles. The second-order valence-electron chi connectivity index (χ2n) is 7.67. The smallest absolute Gasteiger partial charge is 0.308 e. The summed E-state index contributed by atoms with van der Waals surface area (Å²) in [4.78, 5) is 24.0. The van der Waals surface area contributed by atoms with Gasteiger partial charge in [0.25, 0.3) is 0 Å². The topological polar surface area (TPSA) is 63.6 Å². The third-order valence-corrected chi connectivity index (χ3v) is 4.32. The number of ketones is 1.